The zero-order valence-corrected chi connectivity index (χ0v) is 10.1. The topological polar surface area (TPSA) is 37.8 Å². The minimum atomic E-state index is 0.789. The van der Waals surface area contributed by atoms with Crippen molar-refractivity contribution in [2.24, 2.45) is 0 Å². The highest BCUT2D eigenvalue weighted by Gasteiger charge is 2.00. The molecular formula is C12H13N3S. The van der Waals surface area contributed by atoms with E-state index in [-0.39, 0.29) is 0 Å². The molecule has 0 aliphatic heterocycles. The summed E-state index contributed by atoms with van der Waals surface area (Å²) in [5, 5.41) is 3.87. The third kappa shape index (κ3) is 2.73. The summed E-state index contributed by atoms with van der Waals surface area (Å²) in [6.07, 6.45) is 3.48. The van der Waals surface area contributed by atoms with E-state index in [0.29, 0.717) is 0 Å². The van der Waals surface area contributed by atoms with Crippen molar-refractivity contribution < 1.29 is 0 Å². The fourth-order valence-electron chi connectivity index (χ4n) is 1.24. The second-order valence-corrected chi connectivity index (χ2v) is 4.50. The maximum absolute atomic E-state index is 4.40. The first-order valence-corrected chi connectivity index (χ1v) is 5.84. The molecule has 0 atom stereocenters. The van der Waals surface area contributed by atoms with Gasteiger partial charge >= 0.3 is 0 Å². The van der Waals surface area contributed by atoms with Crippen molar-refractivity contribution >= 4 is 17.6 Å². The lowest BCUT2D eigenvalue weighted by Crippen LogP contribution is -1.93. The number of anilines is 1. The average molecular weight is 231 g/mol. The molecule has 0 aliphatic carbocycles. The predicted octanol–water partition coefficient (Wildman–Crippen LogP) is 2.98. The molecule has 4 heteroatoms. The Bertz CT molecular complexity index is 468. The lowest BCUT2D eigenvalue weighted by Gasteiger charge is -2.03. The van der Waals surface area contributed by atoms with Gasteiger partial charge in [0.2, 0.25) is 0 Å². The highest BCUT2D eigenvalue weighted by atomic mass is 32.2. The molecule has 0 unspecified atom stereocenters. The van der Waals surface area contributed by atoms with Gasteiger partial charge in [-0.15, -0.1) is 0 Å². The van der Waals surface area contributed by atoms with Crippen LogP contribution >= 0.6 is 11.8 Å². The molecule has 1 N–H and O–H groups in total. The van der Waals surface area contributed by atoms with Crippen LogP contribution in [0.5, 0.6) is 0 Å². The Labute approximate surface area is 99.3 Å². The third-order valence-corrected chi connectivity index (χ3v) is 3.03. The second kappa shape index (κ2) is 4.99. The zero-order valence-electron chi connectivity index (χ0n) is 9.27. The minimum Gasteiger partial charge on any atom is -0.372 e. The van der Waals surface area contributed by atoms with E-state index in [1.807, 2.05) is 7.05 Å². The highest BCUT2D eigenvalue weighted by molar-refractivity contribution is 7.99. The molecule has 1 aromatic carbocycles. The zero-order chi connectivity index (χ0) is 11.4. The van der Waals surface area contributed by atoms with Crippen LogP contribution in [0.3, 0.4) is 0 Å². The molecular weight excluding hydrogens is 218 g/mol. The number of benzene rings is 1. The van der Waals surface area contributed by atoms with Crippen LogP contribution in [0.1, 0.15) is 5.56 Å². The number of hydrogen-bond acceptors (Lipinski definition) is 4. The average Bonchev–Trinajstić information content (AvgIpc) is 2.32. The quantitative estimate of drug-likeness (QED) is 0.881. The Morgan fingerprint density at radius 1 is 1.12 bits per heavy atom. The Morgan fingerprint density at radius 2 is 1.88 bits per heavy atom. The van der Waals surface area contributed by atoms with Gasteiger partial charge in [-0.2, -0.15) is 0 Å². The minimum absolute atomic E-state index is 0.789. The van der Waals surface area contributed by atoms with Crippen LogP contribution in [-0.2, 0) is 0 Å². The Morgan fingerprint density at radius 3 is 2.56 bits per heavy atom. The lowest BCUT2D eigenvalue weighted by atomic mass is 10.2. The lowest BCUT2D eigenvalue weighted by molar-refractivity contribution is 1.05. The molecule has 82 valence electrons. The van der Waals surface area contributed by atoms with E-state index in [1.165, 1.54) is 10.5 Å². The first-order valence-electron chi connectivity index (χ1n) is 5.02. The van der Waals surface area contributed by atoms with Gasteiger partial charge in [-0.3, -0.25) is 4.98 Å². The first kappa shape index (κ1) is 11.0. The molecule has 0 saturated carbocycles. The van der Waals surface area contributed by atoms with E-state index < -0.39 is 0 Å². The molecule has 0 spiro atoms. The van der Waals surface area contributed by atoms with Crippen LogP contribution in [0, 0.1) is 6.92 Å². The van der Waals surface area contributed by atoms with Gasteiger partial charge in [0.1, 0.15) is 10.8 Å². The molecule has 0 saturated heterocycles. The van der Waals surface area contributed by atoms with Gasteiger partial charge in [-0.1, -0.05) is 29.5 Å². The summed E-state index contributed by atoms with van der Waals surface area (Å²) in [7, 11) is 1.84. The van der Waals surface area contributed by atoms with E-state index in [0.717, 1.165) is 10.8 Å². The van der Waals surface area contributed by atoms with Crippen LogP contribution in [0.15, 0.2) is 46.6 Å². The van der Waals surface area contributed by atoms with Gasteiger partial charge in [-0.05, 0) is 19.1 Å². The van der Waals surface area contributed by atoms with Gasteiger partial charge in [0.05, 0.1) is 12.4 Å². The Kier molecular flexibility index (Phi) is 3.41. The van der Waals surface area contributed by atoms with Crippen molar-refractivity contribution in [1.82, 2.24) is 9.97 Å². The van der Waals surface area contributed by atoms with E-state index in [9.17, 15) is 0 Å². The number of aromatic nitrogens is 2. The summed E-state index contributed by atoms with van der Waals surface area (Å²) >= 11 is 1.61. The molecule has 0 bridgehead atoms. The Hall–Kier alpha value is -1.55. The number of rotatable bonds is 3. The number of nitrogens with one attached hydrogen (secondary N) is 1. The van der Waals surface area contributed by atoms with Crippen molar-refractivity contribution in [3.8, 4) is 0 Å². The van der Waals surface area contributed by atoms with E-state index >= 15 is 0 Å². The summed E-state index contributed by atoms with van der Waals surface area (Å²) < 4.78 is 0. The molecule has 16 heavy (non-hydrogen) atoms. The first-order chi connectivity index (χ1) is 7.78. The molecule has 2 aromatic rings. The van der Waals surface area contributed by atoms with E-state index in [2.05, 4.69) is 46.5 Å². The van der Waals surface area contributed by atoms with Gasteiger partial charge in [-0.25, -0.2) is 4.98 Å². The van der Waals surface area contributed by atoms with Crippen LogP contribution < -0.4 is 5.32 Å². The Balaban J connectivity index is 2.16. The van der Waals surface area contributed by atoms with Gasteiger partial charge < -0.3 is 5.32 Å². The summed E-state index contributed by atoms with van der Waals surface area (Å²) in [5.41, 5.74) is 1.26. The standard InChI is InChI=1S/C12H13N3S/c1-9-3-5-10(6-4-9)16-12-8-14-7-11(13-2)15-12/h3-8H,1-2H3,(H,13,15). The summed E-state index contributed by atoms with van der Waals surface area (Å²) in [5.74, 6) is 0.789. The molecule has 2 rings (SSSR count). The number of hydrogen-bond donors (Lipinski definition) is 1. The maximum atomic E-state index is 4.40. The summed E-state index contributed by atoms with van der Waals surface area (Å²) in [4.78, 5) is 9.70. The fraction of sp³-hybridized carbons (Fsp3) is 0.167. The van der Waals surface area contributed by atoms with Crippen LogP contribution in [0.2, 0.25) is 0 Å². The SMILES string of the molecule is CNc1cncc(Sc2ccc(C)cc2)n1. The normalized spacial score (nSPS) is 10.1. The second-order valence-electron chi connectivity index (χ2n) is 3.41. The van der Waals surface area contributed by atoms with Crippen LogP contribution in [0.25, 0.3) is 0 Å². The highest BCUT2D eigenvalue weighted by Crippen LogP contribution is 2.26. The van der Waals surface area contributed by atoms with E-state index in [1.54, 1.807) is 24.2 Å². The van der Waals surface area contributed by atoms with Gasteiger partial charge in [0, 0.05) is 11.9 Å². The fourth-order valence-corrected chi connectivity index (χ4v) is 2.02. The molecule has 3 nitrogen and oxygen atoms in total. The van der Waals surface area contributed by atoms with Crippen molar-refractivity contribution in [3.05, 3.63) is 42.2 Å². The maximum Gasteiger partial charge on any atom is 0.145 e. The van der Waals surface area contributed by atoms with Gasteiger partial charge in [0.25, 0.3) is 0 Å². The molecule has 0 amide bonds. The van der Waals surface area contributed by atoms with Crippen molar-refractivity contribution in [2.75, 3.05) is 12.4 Å². The molecule has 0 aliphatic rings. The largest absolute Gasteiger partial charge is 0.372 e. The van der Waals surface area contributed by atoms with E-state index in [4.69, 9.17) is 0 Å². The van der Waals surface area contributed by atoms with Crippen LogP contribution in [-0.4, -0.2) is 17.0 Å². The van der Waals surface area contributed by atoms with Gasteiger partial charge in [0.15, 0.2) is 0 Å². The molecule has 0 radical (unpaired) electrons. The molecule has 1 heterocycles. The third-order valence-electron chi connectivity index (χ3n) is 2.11. The number of nitrogens with zero attached hydrogens (tertiary/aromatic N) is 2. The van der Waals surface area contributed by atoms with Crippen molar-refractivity contribution in [1.29, 1.82) is 0 Å². The van der Waals surface area contributed by atoms with Crippen LogP contribution in [0.4, 0.5) is 5.82 Å². The monoisotopic (exact) mass is 231 g/mol. The summed E-state index contributed by atoms with van der Waals surface area (Å²) in [6, 6.07) is 8.37. The smallest absolute Gasteiger partial charge is 0.145 e. The number of aryl methyl sites for hydroxylation is 1. The van der Waals surface area contributed by atoms with Crippen molar-refractivity contribution in [3.63, 3.8) is 0 Å². The predicted molar refractivity (Wildman–Crippen MR) is 66.9 cm³/mol. The summed E-state index contributed by atoms with van der Waals surface area (Å²) in [6.45, 7) is 2.08. The van der Waals surface area contributed by atoms with Crippen molar-refractivity contribution in [2.45, 2.75) is 16.8 Å². The molecule has 0 fully saturated rings. The molecule has 1 aromatic heterocycles.